The van der Waals surface area contributed by atoms with Crippen molar-refractivity contribution in [3.8, 4) is 0 Å². The molecule has 1 N–H and O–H groups in total. The van der Waals surface area contributed by atoms with E-state index in [1.807, 2.05) is 17.5 Å². The van der Waals surface area contributed by atoms with Crippen LogP contribution in [0.25, 0.3) is 0 Å². The standard InChI is InChI=1S/C17H20N2O3S/c1-11(2)10-14(16-8-5-9-23-16)18-17(20)13-6-4-7-15(12(13)3)19(21)22/h4-9,11,14H,10H2,1-3H3,(H,18,20). The Bertz CT molecular complexity index is 696. The number of benzene rings is 1. The molecule has 1 aromatic carbocycles. The van der Waals surface area contributed by atoms with Crippen LogP contribution in [0, 0.1) is 23.0 Å². The first-order valence-corrected chi connectivity index (χ1v) is 8.36. The molecule has 1 atom stereocenters. The highest BCUT2D eigenvalue weighted by Crippen LogP contribution is 2.27. The molecule has 1 heterocycles. The lowest BCUT2D eigenvalue weighted by Crippen LogP contribution is -2.29. The first-order valence-electron chi connectivity index (χ1n) is 7.48. The van der Waals surface area contributed by atoms with Gasteiger partial charge < -0.3 is 5.32 Å². The Kier molecular flexibility index (Phi) is 5.50. The van der Waals surface area contributed by atoms with E-state index < -0.39 is 4.92 Å². The highest BCUT2D eigenvalue weighted by molar-refractivity contribution is 7.10. The topological polar surface area (TPSA) is 72.2 Å². The smallest absolute Gasteiger partial charge is 0.273 e. The second kappa shape index (κ2) is 7.37. The summed E-state index contributed by atoms with van der Waals surface area (Å²) in [4.78, 5) is 24.3. The first kappa shape index (κ1) is 17.1. The van der Waals surface area contributed by atoms with Crippen molar-refractivity contribution in [3.05, 3.63) is 61.8 Å². The summed E-state index contributed by atoms with van der Waals surface area (Å²) in [6.07, 6.45) is 0.820. The fourth-order valence-electron chi connectivity index (χ4n) is 2.51. The number of carbonyl (C=O) groups is 1. The van der Waals surface area contributed by atoms with Crippen molar-refractivity contribution in [2.24, 2.45) is 5.92 Å². The van der Waals surface area contributed by atoms with Gasteiger partial charge in [0.15, 0.2) is 0 Å². The van der Waals surface area contributed by atoms with Crippen molar-refractivity contribution in [2.45, 2.75) is 33.2 Å². The number of thiophene rings is 1. The number of nitro groups is 1. The van der Waals surface area contributed by atoms with Crippen LogP contribution >= 0.6 is 11.3 Å². The minimum absolute atomic E-state index is 0.0332. The van der Waals surface area contributed by atoms with E-state index >= 15 is 0 Å². The maximum absolute atomic E-state index is 12.6. The predicted molar refractivity (Wildman–Crippen MR) is 91.8 cm³/mol. The molecular weight excluding hydrogens is 312 g/mol. The molecule has 1 aromatic heterocycles. The van der Waals surface area contributed by atoms with Crippen LogP contribution in [0.3, 0.4) is 0 Å². The zero-order valence-corrected chi connectivity index (χ0v) is 14.2. The Labute approximate surface area is 139 Å². The Morgan fingerprint density at radius 1 is 1.30 bits per heavy atom. The zero-order valence-electron chi connectivity index (χ0n) is 13.4. The molecule has 6 heteroatoms. The second-order valence-corrected chi connectivity index (χ2v) is 6.86. The zero-order chi connectivity index (χ0) is 17.0. The molecule has 0 spiro atoms. The van der Waals surface area contributed by atoms with Crippen molar-refractivity contribution in [3.63, 3.8) is 0 Å². The normalized spacial score (nSPS) is 12.2. The average molecular weight is 332 g/mol. The van der Waals surface area contributed by atoms with Crippen LogP contribution in [0.15, 0.2) is 35.7 Å². The van der Waals surface area contributed by atoms with Gasteiger partial charge in [0.25, 0.3) is 11.6 Å². The monoisotopic (exact) mass is 332 g/mol. The van der Waals surface area contributed by atoms with E-state index in [-0.39, 0.29) is 17.6 Å². The molecule has 0 saturated carbocycles. The summed E-state index contributed by atoms with van der Waals surface area (Å²) in [6.45, 7) is 5.81. The van der Waals surface area contributed by atoms with Crippen LogP contribution in [0.5, 0.6) is 0 Å². The third-order valence-electron chi connectivity index (χ3n) is 3.65. The lowest BCUT2D eigenvalue weighted by molar-refractivity contribution is -0.385. The molecule has 2 rings (SSSR count). The quantitative estimate of drug-likeness (QED) is 0.626. The van der Waals surface area contributed by atoms with Crippen LogP contribution in [0.2, 0.25) is 0 Å². The van der Waals surface area contributed by atoms with Crippen LogP contribution in [-0.4, -0.2) is 10.8 Å². The van der Waals surface area contributed by atoms with E-state index in [4.69, 9.17) is 0 Å². The van der Waals surface area contributed by atoms with E-state index in [2.05, 4.69) is 19.2 Å². The van der Waals surface area contributed by atoms with Crippen LogP contribution in [-0.2, 0) is 0 Å². The van der Waals surface area contributed by atoms with E-state index in [9.17, 15) is 14.9 Å². The number of rotatable bonds is 6. The van der Waals surface area contributed by atoms with Gasteiger partial charge in [0, 0.05) is 22.1 Å². The largest absolute Gasteiger partial charge is 0.344 e. The van der Waals surface area contributed by atoms with Crippen molar-refractivity contribution in [1.29, 1.82) is 0 Å². The van der Waals surface area contributed by atoms with Gasteiger partial charge in [-0.1, -0.05) is 26.0 Å². The van der Waals surface area contributed by atoms with Gasteiger partial charge in [-0.3, -0.25) is 14.9 Å². The number of nitrogens with one attached hydrogen (secondary N) is 1. The van der Waals surface area contributed by atoms with Gasteiger partial charge >= 0.3 is 0 Å². The molecule has 2 aromatic rings. The SMILES string of the molecule is Cc1c(C(=O)NC(CC(C)C)c2cccs2)cccc1[N+](=O)[O-]. The van der Waals surface area contributed by atoms with E-state index in [1.54, 1.807) is 30.4 Å². The van der Waals surface area contributed by atoms with Crippen LogP contribution in [0.1, 0.15) is 47.1 Å². The molecule has 0 aliphatic heterocycles. The molecule has 122 valence electrons. The minimum atomic E-state index is -0.461. The summed E-state index contributed by atoms with van der Waals surface area (Å²) in [6, 6.07) is 8.45. The number of carbonyl (C=O) groups excluding carboxylic acids is 1. The summed E-state index contributed by atoms with van der Waals surface area (Å²) >= 11 is 1.60. The van der Waals surface area contributed by atoms with Gasteiger partial charge in [-0.25, -0.2) is 0 Å². The highest BCUT2D eigenvalue weighted by atomic mass is 32.1. The van der Waals surface area contributed by atoms with Gasteiger partial charge in [-0.2, -0.15) is 0 Å². The molecule has 23 heavy (non-hydrogen) atoms. The number of hydrogen-bond donors (Lipinski definition) is 1. The van der Waals surface area contributed by atoms with Gasteiger partial charge in [0.2, 0.25) is 0 Å². The predicted octanol–water partition coefficient (Wildman–Crippen LogP) is 4.48. The Hall–Kier alpha value is -2.21. The Morgan fingerprint density at radius 2 is 2.04 bits per heavy atom. The van der Waals surface area contributed by atoms with Gasteiger partial charge in [-0.05, 0) is 36.8 Å². The summed E-state index contributed by atoms with van der Waals surface area (Å²) in [7, 11) is 0. The highest BCUT2D eigenvalue weighted by Gasteiger charge is 2.22. The number of nitrogens with zero attached hydrogens (tertiary/aromatic N) is 1. The molecule has 0 aliphatic carbocycles. The van der Waals surface area contributed by atoms with E-state index in [1.165, 1.54) is 6.07 Å². The molecule has 0 bridgehead atoms. The second-order valence-electron chi connectivity index (χ2n) is 5.88. The molecule has 0 aliphatic rings. The maximum atomic E-state index is 12.6. The maximum Gasteiger partial charge on any atom is 0.273 e. The summed E-state index contributed by atoms with van der Waals surface area (Å²) in [5.74, 6) is 0.152. The summed E-state index contributed by atoms with van der Waals surface area (Å²) in [5, 5.41) is 16.0. The lowest BCUT2D eigenvalue weighted by Gasteiger charge is -2.20. The van der Waals surface area contributed by atoms with Crippen molar-refractivity contribution in [2.75, 3.05) is 0 Å². The van der Waals surface area contributed by atoms with E-state index in [0.717, 1.165) is 11.3 Å². The molecule has 0 radical (unpaired) electrons. The fourth-order valence-corrected chi connectivity index (χ4v) is 3.30. The molecule has 0 saturated heterocycles. The summed E-state index contributed by atoms with van der Waals surface area (Å²) in [5.41, 5.74) is 0.711. The molecule has 1 unspecified atom stereocenters. The van der Waals surface area contributed by atoms with Crippen molar-refractivity contribution >= 4 is 22.9 Å². The Morgan fingerprint density at radius 3 is 2.61 bits per heavy atom. The van der Waals surface area contributed by atoms with Gasteiger partial charge in [0.05, 0.1) is 11.0 Å². The third-order valence-corrected chi connectivity index (χ3v) is 4.63. The van der Waals surface area contributed by atoms with Crippen LogP contribution < -0.4 is 5.32 Å². The van der Waals surface area contributed by atoms with Gasteiger partial charge in [0.1, 0.15) is 0 Å². The fraction of sp³-hybridized carbons (Fsp3) is 0.353. The summed E-state index contributed by atoms with van der Waals surface area (Å²) < 4.78 is 0. The number of nitro benzene ring substituents is 1. The molecule has 1 amide bonds. The van der Waals surface area contributed by atoms with Gasteiger partial charge in [-0.15, -0.1) is 11.3 Å². The Balaban J connectivity index is 2.26. The minimum Gasteiger partial charge on any atom is -0.344 e. The number of amides is 1. The molecule has 0 fully saturated rings. The lowest BCUT2D eigenvalue weighted by atomic mass is 10.0. The molecular formula is C17H20N2O3S. The average Bonchev–Trinajstić information content (AvgIpc) is 3.00. The van der Waals surface area contributed by atoms with Crippen LogP contribution in [0.4, 0.5) is 5.69 Å². The third kappa shape index (κ3) is 4.16. The first-order chi connectivity index (χ1) is 10.9. The molecule has 5 nitrogen and oxygen atoms in total. The van der Waals surface area contributed by atoms with Crippen molar-refractivity contribution < 1.29 is 9.72 Å². The number of hydrogen-bond acceptors (Lipinski definition) is 4. The van der Waals surface area contributed by atoms with Crippen molar-refractivity contribution in [1.82, 2.24) is 5.32 Å². The van der Waals surface area contributed by atoms with E-state index in [0.29, 0.717) is 17.0 Å².